The number of hydrogen-bond donors (Lipinski definition) is 0. The maximum absolute atomic E-state index is 13.6. The van der Waals surface area contributed by atoms with Crippen molar-refractivity contribution in [3.63, 3.8) is 0 Å². The van der Waals surface area contributed by atoms with E-state index in [9.17, 15) is 22.8 Å². The molecule has 0 saturated heterocycles. The van der Waals surface area contributed by atoms with Crippen LogP contribution in [0.3, 0.4) is 0 Å². The van der Waals surface area contributed by atoms with Gasteiger partial charge in [0.2, 0.25) is 0 Å². The van der Waals surface area contributed by atoms with Crippen molar-refractivity contribution in [2.24, 2.45) is 17.8 Å². The number of unbranched alkanes of at least 4 members (excludes halogenated alkanes) is 1. The first-order valence-corrected chi connectivity index (χ1v) is 12.2. The zero-order valence-electron chi connectivity index (χ0n) is 17.4. The van der Waals surface area contributed by atoms with Crippen LogP contribution in [-0.4, -0.2) is 40.3 Å². The Balaban J connectivity index is 1.77. The van der Waals surface area contributed by atoms with Gasteiger partial charge < -0.3 is 4.74 Å². The van der Waals surface area contributed by atoms with Gasteiger partial charge in [0.15, 0.2) is 0 Å². The average molecular weight is 575 g/mol. The van der Waals surface area contributed by atoms with E-state index in [1.165, 1.54) is 11.8 Å². The van der Waals surface area contributed by atoms with Gasteiger partial charge in [0.25, 0.3) is 5.91 Å². The minimum atomic E-state index is -4.15. The molecule has 3 rings (SSSR count). The maximum atomic E-state index is 13.6. The molecule has 0 amide bonds. The molecule has 1 heterocycles. The predicted molar refractivity (Wildman–Crippen MR) is 118 cm³/mol. The second-order valence-electron chi connectivity index (χ2n) is 8.52. The molecule has 0 radical (unpaired) electrons. The summed E-state index contributed by atoms with van der Waals surface area (Å²) in [6, 6.07) is 0. The second-order valence-corrected chi connectivity index (χ2v) is 10.1. The molecule has 0 spiro atoms. The lowest BCUT2D eigenvalue weighted by Gasteiger charge is -2.34. The standard InChI is InChI=1S/C21H27ClF3IN2O3/c1-31-20(30)13-8-9-14-16(11-13)28(27-18(14)26)19(29)17-12(6-4-7-15(17)22)5-2-3-10-21(23,24)25/h12-13,15,17H,2-11H2,1H3. The Hall–Kier alpha value is -0.840. The van der Waals surface area contributed by atoms with Crippen molar-refractivity contribution in [2.45, 2.75) is 75.8 Å². The average Bonchev–Trinajstić information content (AvgIpc) is 3.05. The van der Waals surface area contributed by atoms with Crippen LogP contribution in [0.4, 0.5) is 13.2 Å². The van der Waals surface area contributed by atoms with Crippen LogP contribution in [0.1, 0.15) is 67.4 Å². The number of hydrogen-bond acceptors (Lipinski definition) is 4. The molecule has 2 aliphatic carbocycles. The summed E-state index contributed by atoms with van der Waals surface area (Å²) in [7, 11) is 1.35. The molecular weight excluding hydrogens is 548 g/mol. The smallest absolute Gasteiger partial charge is 0.389 e. The summed E-state index contributed by atoms with van der Waals surface area (Å²) in [6.07, 6.45) is 0.0806. The van der Waals surface area contributed by atoms with E-state index in [4.69, 9.17) is 16.3 Å². The number of aromatic nitrogens is 2. The third-order valence-electron chi connectivity index (χ3n) is 6.49. The molecule has 1 aromatic heterocycles. The van der Waals surface area contributed by atoms with Gasteiger partial charge in [-0.05, 0) is 67.0 Å². The molecule has 1 saturated carbocycles. The Morgan fingerprint density at radius 3 is 2.68 bits per heavy atom. The number of carbonyl (C=O) groups excluding carboxylic acids is 2. The molecule has 10 heteroatoms. The molecular formula is C21H27ClF3IN2O3. The third kappa shape index (κ3) is 5.94. The van der Waals surface area contributed by atoms with Crippen molar-refractivity contribution in [3.8, 4) is 0 Å². The van der Waals surface area contributed by atoms with E-state index in [-0.39, 0.29) is 35.5 Å². The van der Waals surface area contributed by atoms with Gasteiger partial charge in [0.1, 0.15) is 3.70 Å². The first-order chi connectivity index (χ1) is 14.6. The summed E-state index contributed by atoms with van der Waals surface area (Å²) >= 11 is 8.69. The van der Waals surface area contributed by atoms with Crippen LogP contribution in [-0.2, 0) is 22.4 Å². The van der Waals surface area contributed by atoms with Crippen LogP contribution < -0.4 is 0 Å². The molecule has 0 bridgehead atoms. The van der Waals surface area contributed by atoms with Gasteiger partial charge >= 0.3 is 12.1 Å². The van der Waals surface area contributed by atoms with Crippen molar-refractivity contribution in [1.29, 1.82) is 0 Å². The topological polar surface area (TPSA) is 61.2 Å². The fourth-order valence-corrected chi connectivity index (χ4v) is 6.16. The zero-order valence-corrected chi connectivity index (χ0v) is 20.3. The number of carbonyl (C=O) groups is 2. The minimum absolute atomic E-state index is 0.0593. The van der Waals surface area contributed by atoms with Crippen LogP contribution in [0.2, 0.25) is 0 Å². The second kappa shape index (κ2) is 10.4. The van der Waals surface area contributed by atoms with E-state index in [0.29, 0.717) is 38.5 Å². The van der Waals surface area contributed by atoms with Gasteiger partial charge in [-0.1, -0.05) is 12.8 Å². The molecule has 4 unspecified atom stereocenters. The van der Waals surface area contributed by atoms with Crippen molar-refractivity contribution >= 4 is 46.1 Å². The van der Waals surface area contributed by atoms with Gasteiger partial charge in [-0.15, -0.1) is 11.6 Å². The number of alkyl halides is 4. The molecule has 31 heavy (non-hydrogen) atoms. The zero-order chi connectivity index (χ0) is 22.8. The lowest BCUT2D eigenvalue weighted by Crippen LogP contribution is -2.40. The number of fused-ring (bicyclic) bond motifs is 1. The van der Waals surface area contributed by atoms with Gasteiger partial charge in [-0.3, -0.25) is 9.59 Å². The lowest BCUT2D eigenvalue weighted by molar-refractivity contribution is -0.145. The number of methoxy groups -OCH3 is 1. The van der Waals surface area contributed by atoms with Crippen molar-refractivity contribution in [3.05, 3.63) is 15.0 Å². The molecule has 0 N–H and O–H groups in total. The highest BCUT2D eigenvalue weighted by atomic mass is 127. The number of rotatable bonds is 6. The highest BCUT2D eigenvalue weighted by Crippen LogP contribution is 2.39. The third-order valence-corrected chi connectivity index (χ3v) is 7.85. The lowest BCUT2D eigenvalue weighted by atomic mass is 9.75. The molecule has 4 atom stereocenters. The van der Waals surface area contributed by atoms with Crippen LogP contribution in [0.15, 0.2) is 0 Å². The minimum Gasteiger partial charge on any atom is -0.469 e. The first-order valence-electron chi connectivity index (χ1n) is 10.7. The van der Waals surface area contributed by atoms with Gasteiger partial charge in [-0.25, -0.2) is 4.68 Å². The van der Waals surface area contributed by atoms with E-state index >= 15 is 0 Å². The molecule has 174 valence electrons. The molecule has 2 aliphatic rings. The Morgan fingerprint density at radius 1 is 1.26 bits per heavy atom. The highest BCUT2D eigenvalue weighted by molar-refractivity contribution is 14.1. The van der Waals surface area contributed by atoms with Crippen molar-refractivity contribution in [1.82, 2.24) is 9.78 Å². The SMILES string of the molecule is COC(=O)C1CCc2c(I)nn(C(=O)C3C(Cl)CCCC3CCCCC(F)(F)F)c2C1. The van der Waals surface area contributed by atoms with E-state index in [2.05, 4.69) is 27.7 Å². The van der Waals surface area contributed by atoms with Crippen LogP contribution in [0, 0.1) is 21.5 Å². The van der Waals surface area contributed by atoms with Gasteiger partial charge in [-0.2, -0.15) is 18.3 Å². The Morgan fingerprint density at radius 2 is 2.00 bits per heavy atom. The molecule has 0 aliphatic heterocycles. The summed E-state index contributed by atoms with van der Waals surface area (Å²) in [5.74, 6) is -1.36. The molecule has 1 aromatic rings. The Bertz CT molecular complexity index is 815. The molecule has 0 aromatic carbocycles. The molecule has 1 fully saturated rings. The predicted octanol–water partition coefficient (Wildman–Crippen LogP) is 5.55. The van der Waals surface area contributed by atoms with E-state index in [1.807, 2.05) is 0 Å². The summed E-state index contributed by atoms with van der Waals surface area (Å²) < 4.78 is 44.4. The van der Waals surface area contributed by atoms with Crippen LogP contribution in [0.25, 0.3) is 0 Å². The fourth-order valence-electron chi connectivity index (χ4n) is 4.90. The number of nitrogens with zero attached hydrogens (tertiary/aromatic N) is 2. The highest BCUT2D eigenvalue weighted by Gasteiger charge is 2.41. The van der Waals surface area contributed by atoms with Gasteiger partial charge in [0.05, 0.1) is 24.6 Å². The van der Waals surface area contributed by atoms with E-state index in [1.54, 1.807) is 0 Å². The summed E-state index contributed by atoms with van der Waals surface area (Å²) in [5, 5.41) is 4.11. The monoisotopic (exact) mass is 574 g/mol. The van der Waals surface area contributed by atoms with E-state index in [0.717, 1.165) is 27.8 Å². The molecule has 5 nitrogen and oxygen atoms in total. The number of ether oxygens (including phenoxy) is 1. The number of esters is 1. The van der Waals surface area contributed by atoms with Crippen LogP contribution in [0.5, 0.6) is 0 Å². The quantitative estimate of drug-likeness (QED) is 0.193. The maximum Gasteiger partial charge on any atom is 0.389 e. The summed E-state index contributed by atoms with van der Waals surface area (Å²) in [4.78, 5) is 25.6. The largest absolute Gasteiger partial charge is 0.469 e. The van der Waals surface area contributed by atoms with Crippen molar-refractivity contribution in [2.75, 3.05) is 7.11 Å². The van der Waals surface area contributed by atoms with Crippen molar-refractivity contribution < 1.29 is 27.5 Å². The Kier molecular flexibility index (Phi) is 8.32. The Labute approximate surface area is 198 Å². The van der Waals surface area contributed by atoms with Crippen LogP contribution >= 0.6 is 34.2 Å². The number of halogens is 5. The van der Waals surface area contributed by atoms with Gasteiger partial charge in [0, 0.05) is 23.8 Å². The summed E-state index contributed by atoms with van der Waals surface area (Å²) in [6.45, 7) is 0. The summed E-state index contributed by atoms with van der Waals surface area (Å²) in [5.41, 5.74) is 1.72. The first kappa shape index (κ1) is 24.8. The fraction of sp³-hybridized carbons (Fsp3) is 0.762. The normalized spacial score (nSPS) is 26.4. The van der Waals surface area contributed by atoms with E-state index < -0.39 is 18.5 Å².